The Labute approximate surface area is 126 Å². The molecule has 0 spiro atoms. The average Bonchev–Trinajstić information content (AvgIpc) is 2.47. The molecule has 1 atom stereocenters. The number of nitrogens with one attached hydrogen (secondary N) is 1. The molecule has 1 N–H and O–H groups in total. The van der Waals surface area contributed by atoms with Crippen LogP contribution in [0.25, 0.3) is 0 Å². The van der Waals surface area contributed by atoms with E-state index in [1.807, 2.05) is 18.2 Å². The van der Waals surface area contributed by atoms with Crippen LogP contribution in [0.2, 0.25) is 5.02 Å². The standard InChI is InChI=1S/C16H24ClNO2/c1-3-4-5-6-7-12-15(16(19)20-2)18-14-11-9-8-10-13(14)17/h8-11,15,18H,3-7,12H2,1-2H3. The highest BCUT2D eigenvalue weighted by molar-refractivity contribution is 6.33. The zero-order valence-electron chi connectivity index (χ0n) is 12.3. The first-order valence-corrected chi connectivity index (χ1v) is 7.65. The predicted octanol–water partition coefficient (Wildman–Crippen LogP) is 4.65. The third-order valence-corrected chi connectivity index (χ3v) is 3.62. The minimum atomic E-state index is -0.332. The van der Waals surface area contributed by atoms with Gasteiger partial charge in [0.05, 0.1) is 17.8 Å². The van der Waals surface area contributed by atoms with Crippen LogP contribution < -0.4 is 5.32 Å². The van der Waals surface area contributed by atoms with Crippen LogP contribution in [0.4, 0.5) is 5.69 Å². The Morgan fingerprint density at radius 3 is 2.60 bits per heavy atom. The third kappa shape index (κ3) is 5.83. The van der Waals surface area contributed by atoms with Crippen molar-refractivity contribution in [3.05, 3.63) is 29.3 Å². The summed E-state index contributed by atoms with van der Waals surface area (Å²) in [6.07, 6.45) is 6.61. The fourth-order valence-electron chi connectivity index (χ4n) is 2.11. The number of anilines is 1. The van der Waals surface area contributed by atoms with Crippen LogP contribution in [-0.2, 0) is 9.53 Å². The first-order valence-electron chi connectivity index (χ1n) is 7.28. The Balaban J connectivity index is 2.52. The molecular formula is C16H24ClNO2. The molecule has 0 aromatic heterocycles. The lowest BCUT2D eigenvalue weighted by Gasteiger charge is -2.18. The van der Waals surface area contributed by atoms with Crippen molar-refractivity contribution in [2.24, 2.45) is 0 Å². The molecule has 1 aromatic rings. The number of hydrogen-bond acceptors (Lipinski definition) is 3. The van der Waals surface area contributed by atoms with Crippen LogP contribution >= 0.6 is 11.6 Å². The summed E-state index contributed by atoms with van der Waals surface area (Å²) >= 11 is 6.10. The molecule has 3 nitrogen and oxygen atoms in total. The summed E-state index contributed by atoms with van der Waals surface area (Å²) in [4.78, 5) is 11.8. The van der Waals surface area contributed by atoms with Crippen LogP contribution in [0.15, 0.2) is 24.3 Å². The Hall–Kier alpha value is -1.22. The van der Waals surface area contributed by atoms with Crippen molar-refractivity contribution in [1.82, 2.24) is 0 Å². The number of halogens is 1. The fraction of sp³-hybridized carbons (Fsp3) is 0.562. The van der Waals surface area contributed by atoms with Gasteiger partial charge < -0.3 is 10.1 Å². The molecule has 1 unspecified atom stereocenters. The van der Waals surface area contributed by atoms with Gasteiger partial charge in [-0.1, -0.05) is 62.8 Å². The summed E-state index contributed by atoms with van der Waals surface area (Å²) in [6, 6.07) is 7.10. The number of hydrogen-bond donors (Lipinski definition) is 1. The van der Waals surface area contributed by atoms with Crippen LogP contribution in [0.5, 0.6) is 0 Å². The van der Waals surface area contributed by atoms with E-state index in [1.54, 1.807) is 6.07 Å². The minimum Gasteiger partial charge on any atom is -0.467 e. The van der Waals surface area contributed by atoms with Gasteiger partial charge in [-0.25, -0.2) is 4.79 Å². The molecule has 0 saturated carbocycles. The Morgan fingerprint density at radius 2 is 1.95 bits per heavy atom. The smallest absolute Gasteiger partial charge is 0.328 e. The van der Waals surface area contributed by atoms with Crippen molar-refractivity contribution < 1.29 is 9.53 Å². The monoisotopic (exact) mass is 297 g/mol. The zero-order chi connectivity index (χ0) is 14.8. The van der Waals surface area contributed by atoms with Gasteiger partial charge in [-0.2, -0.15) is 0 Å². The van der Waals surface area contributed by atoms with Crippen molar-refractivity contribution in [3.63, 3.8) is 0 Å². The average molecular weight is 298 g/mol. The summed E-state index contributed by atoms with van der Waals surface area (Å²) in [5.41, 5.74) is 0.776. The van der Waals surface area contributed by atoms with Gasteiger partial charge in [0.2, 0.25) is 0 Å². The van der Waals surface area contributed by atoms with E-state index in [1.165, 1.54) is 26.4 Å². The van der Waals surface area contributed by atoms with Crippen LogP contribution in [0.1, 0.15) is 45.4 Å². The topological polar surface area (TPSA) is 38.3 Å². The van der Waals surface area contributed by atoms with Gasteiger partial charge in [-0.15, -0.1) is 0 Å². The second-order valence-corrected chi connectivity index (χ2v) is 5.31. The molecule has 0 heterocycles. The maximum atomic E-state index is 11.8. The quantitative estimate of drug-likeness (QED) is 0.532. The second-order valence-electron chi connectivity index (χ2n) is 4.90. The molecule has 0 aliphatic heterocycles. The molecule has 0 radical (unpaired) electrons. The largest absolute Gasteiger partial charge is 0.467 e. The number of ether oxygens (including phenoxy) is 1. The lowest BCUT2D eigenvalue weighted by atomic mass is 10.1. The first-order chi connectivity index (χ1) is 9.69. The lowest BCUT2D eigenvalue weighted by molar-refractivity contribution is -0.141. The number of methoxy groups -OCH3 is 1. The molecule has 1 aromatic carbocycles. The molecular weight excluding hydrogens is 274 g/mol. The summed E-state index contributed by atoms with van der Waals surface area (Å²) in [6.45, 7) is 2.19. The van der Waals surface area contributed by atoms with Gasteiger partial charge in [0.15, 0.2) is 0 Å². The maximum Gasteiger partial charge on any atom is 0.328 e. The van der Waals surface area contributed by atoms with E-state index in [0.29, 0.717) is 5.02 Å². The third-order valence-electron chi connectivity index (χ3n) is 3.29. The van der Waals surface area contributed by atoms with Gasteiger partial charge >= 0.3 is 5.97 Å². The summed E-state index contributed by atoms with van der Waals surface area (Å²) in [5, 5.41) is 3.80. The van der Waals surface area contributed by atoms with E-state index in [-0.39, 0.29) is 12.0 Å². The van der Waals surface area contributed by atoms with E-state index >= 15 is 0 Å². The number of unbranched alkanes of at least 4 members (excludes halogenated alkanes) is 4. The molecule has 20 heavy (non-hydrogen) atoms. The van der Waals surface area contributed by atoms with Gasteiger partial charge in [0.1, 0.15) is 6.04 Å². The molecule has 0 saturated heterocycles. The van der Waals surface area contributed by atoms with Crippen molar-refractivity contribution >= 4 is 23.3 Å². The Morgan fingerprint density at radius 1 is 1.25 bits per heavy atom. The summed E-state index contributed by atoms with van der Waals surface area (Å²) in [5.74, 6) is -0.236. The molecule has 0 bridgehead atoms. The van der Waals surface area contributed by atoms with Crippen LogP contribution in [0, 0.1) is 0 Å². The van der Waals surface area contributed by atoms with Crippen LogP contribution in [0.3, 0.4) is 0 Å². The fourth-order valence-corrected chi connectivity index (χ4v) is 2.30. The van der Waals surface area contributed by atoms with E-state index in [9.17, 15) is 4.79 Å². The molecule has 0 aliphatic carbocycles. The van der Waals surface area contributed by atoms with Crippen molar-refractivity contribution in [2.75, 3.05) is 12.4 Å². The summed E-state index contributed by atoms with van der Waals surface area (Å²) < 4.78 is 4.86. The van der Waals surface area contributed by atoms with E-state index in [0.717, 1.165) is 24.9 Å². The second kappa shape index (κ2) is 9.65. The number of carbonyl (C=O) groups excluding carboxylic acids is 1. The Kier molecular flexibility index (Phi) is 8.12. The summed E-state index contributed by atoms with van der Waals surface area (Å²) in [7, 11) is 1.42. The molecule has 0 fully saturated rings. The number of carbonyl (C=O) groups is 1. The van der Waals surface area contributed by atoms with Gasteiger partial charge in [0, 0.05) is 0 Å². The van der Waals surface area contributed by atoms with Gasteiger partial charge in [-0.3, -0.25) is 0 Å². The van der Waals surface area contributed by atoms with Gasteiger partial charge in [0.25, 0.3) is 0 Å². The highest BCUT2D eigenvalue weighted by atomic mass is 35.5. The zero-order valence-corrected chi connectivity index (χ0v) is 13.1. The maximum absolute atomic E-state index is 11.8. The van der Waals surface area contributed by atoms with Crippen molar-refractivity contribution in [1.29, 1.82) is 0 Å². The van der Waals surface area contributed by atoms with Gasteiger partial charge in [-0.05, 0) is 18.6 Å². The van der Waals surface area contributed by atoms with E-state index in [2.05, 4.69) is 12.2 Å². The highest BCUT2D eigenvalue weighted by Crippen LogP contribution is 2.22. The SMILES string of the molecule is CCCCCCCC(Nc1ccccc1Cl)C(=O)OC. The molecule has 4 heteroatoms. The van der Waals surface area contributed by atoms with Crippen molar-refractivity contribution in [3.8, 4) is 0 Å². The predicted molar refractivity (Wildman–Crippen MR) is 84.3 cm³/mol. The normalized spacial score (nSPS) is 11.9. The molecule has 112 valence electrons. The van der Waals surface area contributed by atoms with Crippen LogP contribution in [-0.4, -0.2) is 19.1 Å². The molecule has 0 aliphatic rings. The highest BCUT2D eigenvalue weighted by Gasteiger charge is 2.19. The number of rotatable bonds is 9. The van der Waals surface area contributed by atoms with E-state index in [4.69, 9.17) is 16.3 Å². The Bertz CT molecular complexity index is 409. The first kappa shape index (κ1) is 16.8. The molecule has 1 rings (SSSR count). The minimum absolute atomic E-state index is 0.236. The van der Waals surface area contributed by atoms with Crippen molar-refractivity contribution in [2.45, 2.75) is 51.5 Å². The lowest BCUT2D eigenvalue weighted by Crippen LogP contribution is -2.30. The van der Waals surface area contributed by atoms with E-state index < -0.39 is 0 Å². The number of esters is 1. The number of para-hydroxylation sites is 1. The number of benzene rings is 1. The molecule has 0 amide bonds.